The van der Waals surface area contributed by atoms with Crippen LogP contribution in [0.2, 0.25) is 0 Å². The maximum atomic E-state index is 12.2. The minimum Gasteiger partial charge on any atom is -0.370 e. The fraction of sp³-hybridized carbons (Fsp3) is 0.353. The van der Waals surface area contributed by atoms with Crippen molar-refractivity contribution < 1.29 is 9.53 Å². The zero-order valence-electron chi connectivity index (χ0n) is 11.1. The van der Waals surface area contributed by atoms with Crippen molar-refractivity contribution in [1.29, 1.82) is 0 Å². The van der Waals surface area contributed by atoms with Crippen molar-refractivity contribution in [1.82, 2.24) is 0 Å². The average molecular weight is 254 g/mol. The van der Waals surface area contributed by atoms with Crippen molar-refractivity contribution in [3.8, 4) is 0 Å². The lowest BCUT2D eigenvalue weighted by atomic mass is 9.95. The number of benzene rings is 2. The number of ketones is 1. The molecule has 1 heterocycles. The summed E-state index contributed by atoms with van der Waals surface area (Å²) in [7, 11) is 0. The highest BCUT2D eigenvalue weighted by Crippen LogP contribution is 2.23. The van der Waals surface area contributed by atoms with Gasteiger partial charge >= 0.3 is 0 Å². The van der Waals surface area contributed by atoms with Crippen molar-refractivity contribution in [2.24, 2.45) is 5.92 Å². The predicted octanol–water partition coefficient (Wildman–Crippen LogP) is 3.38. The maximum Gasteiger partial charge on any atom is 0.166 e. The van der Waals surface area contributed by atoms with Gasteiger partial charge in [-0.2, -0.15) is 0 Å². The predicted molar refractivity (Wildman–Crippen MR) is 76.2 cm³/mol. The van der Waals surface area contributed by atoms with E-state index in [0.29, 0.717) is 12.3 Å². The van der Waals surface area contributed by atoms with Gasteiger partial charge in [0, 0.05) is 13.0 Å². The molecule has 98 valence electrons. The monoisotopic (exact) mass is 254 g/mol. The minimum atomic E-state index is -0.202. The van der Waals surface area contributed by atoms with Gasteiger partial charge in [-0.25, -0.2) is 0 Å². The zero-order valence-corrected chi connectivity index (χ0v) is 11.1. The maximum absolute atomic E-state index is 12.2. The number of hydrogen-bond donors (Lipinski definition) is 0. The fourth-order valence-corrected chi connectivity index (χ4v) is 2.76. The molecule has 0 saturated carbocycles. The van der Waals surface area contributed by atoms with E-state index >= 15 is 0 Å². The van der Waals surface area contributed by atoms with Gasteiger partial charge in [0.05, 0.1) is 0 Å². The Labute approximate surface area is 113 Å². The van der Waals surface area contributed by atoms with Crippen LogP contribution < -0.4 is 0 Å². The summed E-state index contributed by atoms with van der Waals surface area (Å²) in [6, 6.07) is 14.4. The van der Waals surface area contributed by atoms with Crippen LogP contribution in [0.25, 0.3) is 10.8 Å². The van der Waals surface area contributed by atoms with Gasteiger partial charge in [-0.15, -0.1) is 0 Å². The van der Waals surface area contributed by atoms with Gasteiger partial charge in [-0.05, 0) is 28.7 Å². The third-order valence-electron chi connectivity index (χ3n) is 3.90. The van der Waals surface area contributed by atoms with Crippen LogP contribution in [0.15, 0.2) is 42.5 Å². The summed E-state index contributed by atoms with van der Waals surface area (Å²) in [5.41, 5.74) is 1.08. The molecule has 2 unspecified atom stereocenters. The second kappa shape index (κ2) is 5.14. The summed E-state index contributed by atoms with van der Waals surface area (Å²) < 4.78 is 5.54. The average Bonchev–Trinajstić information content (AvgIpc) is 2.85. The first-order valence-electron chi connectivity index (χ1n) is 6.86. The van der Waals surface area contributed by atoms with Gasteiger partial charge in [-0.3, -0.25) is 4.79 Å². The summed E-state index contributed by atoms with van der Waals surface area (Å²) in [4.78, 5) is 12.2. The van der Waals surface area contributed by atoms with E-state index in [0.717, 1.165) is 18.6 Å². The van der Waals surface area contributed by atoms with Crippen molar-refractivity contribution in [2.45, 2.75) is 25.9 Å². The molecule has 0 amide bonds. The van der Waals surface area contributed by atoms with Gasteiger partial charge in [-0.1, -0.05) is 49.4 Å². The van der Waals surface area contributed by atoms with Crippen LogP contribution >= 0.6 is 0 Å². The summed E-state index contributed by atoms with van der Waals surface area (Å²) in [5.74, 6) is 0.563. The molecule has 0 radical (unpaired) electrons. The first-order chi connectivity index (χ1) is 9.24. The number of ether oxygens (including phenoxy) is 1. The van der Waals surface area contributed by atoms with Gasteiger partial charge in [0.25, 0.3) is 0 Å². The van der Waals surface area contributed by atoms with Crippen LogP contribution in [0.5, 0.6) is 0 Å². The van der Waals surface area contributed by atoms with E-state index in [-0.39, 0.29) is 11.9 Å². The van der Waals surface area contributed by atoms with E-state index in [4.69, 9.17) is 4.74 Å². The zero-order chi connectivity index (χ0) is 13.2. The molecular weight excluding hydrogens is 236 g/mol. The fourth-order valence-electron chi connectivity index (χ4n) is 2.76. The Morgan fingerprint density at radius 2 is 2.00 bits per heavy atom. The van der Waals surface area contributed by atoms with E-state index in [2.05, 4.69) is 31.2 Å². The van der Waals surface area contributed by atoms with Crippen LogP contribution in [0.4, 0.5) is 0 Å². The highest BCUT2D eigenvalue weighted by Gasteiger charge is 2.30. The highest BCUT2D eigenvalue weighted by atomic mass is 16.5. The van der Waals surface area contributed by atoms with Gasteiger partial charge in [0.2, 0.25) is 0 Å². The van der Waals surface area contributed by atoms with Gasteiger partial charge in [0.1, 0.15) is 6.10 Å². The lowest BCUT2D eigenvalue weighted by molar-refractivity contribution is -0.128. The first kappa shape index (κ1) is 12.4. The van der Waals surface area contributed by atoms with E-state index in [9.17, 15) is 4.79 Å². The Kier molecular flexibility index (Phi) is 3.34. The number of carbonyl (C=O) groups is 1. The molecule has 2 nitrogen and oxygen atoms in total. The minimum absolute atomic E-state index is 0.202. The Bertz CT molecular complexity index is 603. The highest BCUT2D eigenvalue weighted by molar-refractivity contribution is 5.88. The molecule has 1 saturated heterocycles. The number of carbonyl (C=O) groups excluding carboxylic acids is 1. The molecule has 0 bridgehead atoms. The lowest BCUT2D eigenvalue weighted by Gasteiger charge is -2.13. The molecular formula is C17H18O2. The molecule has 0 N–H and O–H groups in total. The molecule has 0 spiro atoms. The third-order valence-corrected chi connectivity index (χ3v) is 3.90. The second-order valence-electron chi connectivity index (χ2n) is 5.38. The number of Topliss-reactive ketones (excluding diaryl/α,β-unsaturated/α-hetero) is 1. The molecule has 0 aliphatic carbocycles. The van der Waals surface area contributed by atoms with Gasteiger partial charge in [0.15, 0.2) is 5.78 Å². The Hall–Kier alpha value is -1.67. The lowest BCUT2D eigenvalue weighted by Crippen LogP contribution is -2.26. The normalized spacial score (nSPS) is 22.8. The van der Waals surface area contributed by atoms with Crippen LogP contribution in [-0.4, -0.2) is 18.5 Å². The largest absolute Gasteiger partial charge is 0.370 e. The van der Waals surface area contributed by atoms with Crippen molar-refractivity contribution in [3.63, 3.8) is 0 Å². The number of rotatable bonds is 3. The molecule has 1 aliphatic rings. The molecule has 0 aromatic heterocycles. The molecule has 2 aromatic rings. The SMILES string of the molecule is CC1CCOC1C(=O)Cc1ccc2ccccc2c1. The smallest absolute Gasteiger partial charge is 0.166 e. The molecule has 2 heteroatoms. The topological polar surface area (TPSA) is 26.3 Å². The van der Waals surface area contributed by atoms with Gasteiger partial charge < -0.3 is 4.74 Å². The van der Waals surface area contributed by atoms with Crippen molar-refractivity contribution in [3.05, 3.63) is 48.0 Å². The summed E-state index contributed by atoms with van der Waals surface area (Å²) in [5, 5.41) is 2.40. The standard InChI is InChI=1S/C17H18O2/c1-12-8-9-19-17(12)16(18)11-13-6-7-14-4-2-3-5-15(14)10-13/h2-7,10,12,17H,8-9,11H2,1H3. The summed E-state index contributed by atoms with van der Waals surface area (Å²) in [6.45, 7) is 2.81. The summed E-state index contributed by atoms with van der Waals surface area (Å²) in [6.07, 6.45) is 1.26. The van der Waals surface area contributed by atoms with E-state index in [1.54, 1.807) is 0 Å². The van der Waals surface area contributed by atoms with Crippen LogP contribution in [0, 0.1) is 5.92 Å². The first-order valence-corrected chi connectivity index (χ1v) is 6.86. The molecule has 2 atom stereocenters. The molecule has 19 heavy (non-hydrogen) atoms. The van der Waals surface area contributed by atoms with E-state index in [1.165, 1.54) is 10.8 Å². The van der Waals surface area contributed by atoms with Crippen LogP contribution in [0.1, 0.15) is 18.9 Å². The van der Waals surface area contributed by atoms with Crippen molar-refractivity contribution >= 4 is 16.6 Å². The molecule has 1 aliphatic heterocycles. The Morgan fingerprint density at radius 3 is 2.74 bits per heavy atom. The Morgan fingerprint density at radius 1 is 1.21 bits per heavy atom. The molecule has 2 aromatic carbocycles. The number of fused-ring (bicyclic) bond motifs is 1. The Balaban J connectivity index is 1.79. The van der Waals surface area contributed by atoms with Crippen molar-refractivity contribution in [2.75, 3.05) is 6.61 Å². The third kappa shape index (κ3) is 2.54. The second-order valence-corrected chi connectivity index (χ2v) is 5.38. The number of hydrogen-bond acceptors (Lipinski definition) is 2. The van der Waals surface area contributed by atoms with Crippen LogP contribution in [0.3, 0.4) is 0 Å². The van der Waals surface area contributed by atoms with E-state index < -0.39 is 0 Å². The molecule has 3 rings (SSSR count). The summed E-state index contributed by atoms with van der Waals surface area (Å²) >= 11 is 0. The van der Waals surface area contributed by atoms with E-state index in [1.807, 2.05) is 18.2 Å². The van der Waals surface area contributed by atoms with Crippen LogP contribution in [-0.2, 0) is 16.0 Å². The molecule has 1 fully saturated rings. The quantitative estimate of drug-likeness (QED) is 0.839.